The molecule has 0 bridgehead atoms. The summed E-state index contributed by atoms with van der Waals surface area (Å²) < 4.78 is 0.678. The van der Waals surface area contributed by atoms with Crippen molar-refractivity contribution < 1.29 is 4.79 Å². The summed E-state index contributed by atoms with van der Waals surface area (Å²) in [4.78, 5) is 18.2. The number of carbonyl (C=O) groups is 1. The normalized spacial score (nSPS) is 10.9. The zero-order valence-corrected chi connectivity index (χ0v) is 22.3. The number of nitrogens with one attached hydrogen (secondary N) is 2. The van der Waals surface area contributed by atoms with Crippen molar-refractivity contribution in [3.63, 3.8) is 0 Å². The Labute approximate surface area is 229 Å². The van der Waals surface area contributed by atoms with Crippen molar-refractivity contribution in [2.45, 2.75) is 19.8 Å². The third-order valence-electron chi connectivity index (χ3n) is 6.19. The summed E-state index contributed by atoms with van der Waals surface area (Å²) in [5, 5.41) is 17.5. The zero-order valence-electron chi connectivity index (χ0n) is 20.7. The van der Waals surface area contributed by atoms with Crippen LogP contribution >= 0.6 is 22.9 Å². The van der Waals surface area contributed by atoms with Gasteiger partial charge in [-0.25, -0.2) is 4.98 Å². The highest BCUT2D eigenvalue weighted by molar-refractivity contribution is 7.24. The molecular formula is C30H24ClN5OS. The molecule has 2 heterocycles. The van der Waals surface area contributed by atoms with Crippen molar-refractivity contribution in [1.29, 1.82) is 5.26 Å². The van der Waals surface area contributed by atoms with Gasteiger partial charge in [0.05, 0.1) is 10.2 Å². The van der Waals surface area contributed by atoms with Gasteiger partial charge in [-0.2, -0.15) is 5.26 Å². The van der Waals surface area contributed by atoms with Gasteiger partial charge in [-0.3, -0.25) is 4.79 Å². The van der Waals surface area contributed by atoms with E-state index >= 15 is 0 Å². The van der Waals surface area contributed by atoms with E-state index in [0.29, 0.717) is 43.0 Å². The first-order valence-corrected chi connectivity index (χ1v) is 13.2. The first-order chi connectivity index (χ1) is 18.4. The molecule has 2 aromatic heterocycles. The Morgan fingerprint density at radius 2 is 1.68 bits per heavy atom. The Morgan fingerprint density at radius 3 is 2.32 bits per heavy atom. The predicted molar refractivity (Wildman–Crippen MR) is 157 cm³/mol. The number of pyridine rings is 1. The SMILES string of the molecule is CC(C)c1ccc(Nc2sc3c(-c4ccc(Cl)cc4)c(C#N)c(N)nc3c2C(=O)Nc2ccccc2)cc1. The molecule has 188 valence electrons. The Balaban J connectivity index is 1.72. The van der Waals surface area contributed by atoms with Crippen LogP contribution in [0.5, 0.6) is 0 Å². The molecule has 0 aliphatic rings. The quantitative estimate of drug-likeness (QED) is 0.202. The minimum Gasteiger partial charge on any atom is -0.383 e. The molecule has 0 saturated heterocycles. The van der Waals surface area contributed by atoms with E-state index in [0.717, 1.165) is 11.3 Å². The second-order valence-electron chi connectivity index (χ2n) is 9.07. The smallest absolute Gasteiger partial charge is 0.260 e. The van der Waals surface area contributed by atoms with Crippen molar-refractivity contribution >= 4 is 61.3 Å². The number of fused-ring (bicyclic) bond motifs is 1. The van der Waals surface area contributed by atoms with Crippen molar-refractivity contribution in [3.05, 3.63) is 101 Å². The zero-order chi connectivity index (χ0) is 26.8. The molecule has 8 heteroatoms. The molecule has 38 heavy (non-hydrogen) atoms. The van der Waals surface area contributed by atoms with Crippen LogP contribution in [-0.4, -0.2) is 10.9 Å². The highest BCUT2D eigenvalue weighted by Crippen LogP contribution is 2.44. The molecule has 3 aromatic carbocycles. The Bertz CT molecular complexity index is 1670. The number of rotatable bonds is 6. The minimum atomic E-state index is -0.331. The largest absolute Gasteiger partial charge is 0.383 e. The van der Waals surface area contributed by atoms with E-state index in [2.05, 4.69) is 47.7 Å². The predicted octanol–water partition coefficient (Wildman–Crippen LogP) is 8.19. The minimum absolute atomic E-state index is 0.0596. The molecule has 0 atom stereocenters. The van der Waals surface area contributed by atoms with Gasteiger partial charge in [0, 0.05) is 22.0 Å². The highest BCUT2D eigenvalue weighted by atomic mass is 35.5. The van der Waals surface area contributed by atoms with Crippen LogP contribution in [0.2, 0.25) is 5.02 Å². The van der Waals surface area contributed by atoms with E-state index in [-0.39, 0.29) is 17.3 Å². The third-order valence-corrected chi connectivity index (χ3v) is 7.55. The summed E-state index contributed by atoms with van der Waals surface area (Å²) in [6.07, 6.45) is 0. The van der Waals surface area contributed by atoms with Gasteiger partial charge in [0.1, 0.15) is 28.0 Å². The summed E-state index contributed by atoms with van der Waals surface area (Å²) >= 11 is 7.49. The van der Waals surface area contributed by atoms with Crippen molar-refractivity contribution in [2.24, 2.45) is 0 Å². The maximum atomic E-state index is 13.7. The summed E-state index contributed by atoms with van der Waals surface area (Å²) in [5.74, 6) is 0.130. The molecule has 0 unspecified atom stereocenters. The number of amides is 1. The highest BCUT2D eigenvalue weighted by Gasteiger charge is 2.26. The lowest BCUT2D eigenvalue weighted by molar-refractivity contribution is 0.102. The molecule has 0 fully saturated rings. The first kappa shape index (κ1) is 25.3. The molecule has 5 aromatic rings. The van der Waals surface area contributed by atoms with E-state index in [9.17, 15) is 10.1 Å². The van der Waals surface area contributed by atoms with E-state index in [1.807, 2.05) is 54.6 Å². The molecule has 4 N–H and O–H groups in total. The number of anilines is 4. The fraction of sp³-hybridized carbons (Fsp3) is 0.100. The lowest BCUT2D eigenvalue weighted by atomic mass is 10.00. The molecule has 0 saturated carbocycles. The summed E-state index contributed by atoms with van der Waals surface area (Å²) in [7, 11) is 0. The molecule has 6 nitrogen and oxygen atoms in total. The lowest BCUT2D eigenvalue weighted by Crippen LogP contribution is -2.13. The Hall–Kier alpha value is -4.38. The number of aromatic nitrogens is 1. The van der Waals surface area contributed by atoms with Gasteiger partial charge in [0.2, 0.25) is 0 Å². The van der Waals surface area contributed by atoms with E-state index < -0.39 is 0 Å². The fourth-order valence-electron chi connectivity index (χ4n) is 4.22. The van der Waals surface area contributed by atoms with Gasteiger partial charge in [0.25, 0.3) is 5.91 Å². The number of nitrogens with two attached hydrogens (primary N) is 1. The van der Waals surface area contributed by atoms with Crippen LogP contribution in [0.4, 0.5) is 22.2 Å². The molecular weight excluding hydrogens is 514 g/mol. The van der Waals surface area contributed by atoms with Crippen LogP contribution in [-0.2, 0) is 0 Å². The molecule has 0 aliphatic carbocycles. The molecule has 0 spiro atoms. The van der Waals surface area contributed by atoms with Crippen LogP contribution in [0, 0.1) is 11.3 Å². The van der Waals surface area contributed by atoms with Crippen molar-refractivity contribution in [1.82, 2.24) is 4.98 Å². The number of halogens is 1. The van der Waals surface area contributed by atoms with Crippen molar-refractivity contribution in [3.8, 4) is 17.2 Å². The number of carbonyl (C=O) groups excluding carboxylic acids is 1. The number of hydrogen-bond donors (Lipinski definition) is 3. The van der Waals surface area contributed by atoms with Gasteiger partial charge < -0.3 is 16.4 Å². The topological polar surface area (TPSA) is 104 Å². The maximum absolute atomic E-state index is 13.7. The van der Waals surface area contributed by atoms with Crippen LogP contribution < -0.4 is 16.4 Å². The number of nitriles is 1. The number of benzene rings is 3. The van der Waals surface area contributed by atoms with E-state index in [1.165, 1.54) is 16.9 Å². The number of nitrogens with zero attached hydrogens (tertiary/aromatic N) is 2. The number of para-hydroxylation sites is 1. The van der Waals surface area contributed by atoms with Crippen molar-refractivity contribution in [2.75, 3.05) is 16.4 Å². The van der Waals surface area contributed by atoms with Crippen LogP contribution in [0.3, 0.4) is 0 Å². The number of nitrogen functional groups attached to an aromatic ring is 1. The Kier molecular flexibility index (Phi) is 7.01. The first-order valence-electron chi connectivity index (χ1n) is 12.0. The van der Waals surface area contributed by atoms with Crippen LogP contribution in [0.25, 0.3) is 21.3 Å². The molecule has 5 rings (SSSR count). The molecule has 0 radical (unpaired) electrons. The van der Waals surface area contributed by atoms with Crippen LogP contribution in [0.15, 0.2) is 78.9 Å². The monoisotopic (exact) mass is 537 g/mol. The summed E-state index contributed by atoms with van der Waals surface area (Å²) in [6.45, 7) is 4.28. The number of thiophene rings is 1. The summed E-state index contributed by atoms with van der Waals surface area (Å²) in [5.41, 5.74) is 11.4. The summed E-state index contributed by atoms with van der Waals surface area (Å²) in [6, 6.07) is 26.7. The second kappa shape index (κ2) is 10.5. The standard InChI is InChI=1S/C30H24ClN5OS/c1-17(2)18-10-14-22(15-11-18)35-30-25(29(37)34-21-6-4-3-5-7-21)26-27(38-30)24(23(16-32)28(33)36-26)19-8-12-20(31)13-9-19/h3-15,17,35H,1-2H3,(H2,33,36)(H,34,37). The van der Waals surface area contributed by atoms with Gasteiger partial charge in [-0.05, 0) is 53.4 Å². The molecule has 0 aliphatic heterocycles. The number of hydrogen-bond acceptors (Lipinski definition) is 6. The fourth-order valence-corrected chi connectivity index (χ4v) is 5.57. The average molecular weight is 538 g/mol. The Morgan fingerprint density at radius 1 is 1.00 bits per heavy atom. The lowest BCUT2D eigenvalue weighted by Gasteiger charge is -2.11. The van der Waals surface area contributed by atoms with Crippen LogP contribution in [0.1, 0.15) is 41.3 Å². The maximum Gasteiger partial charge on any atom is 0.260 e. The second-order valence-corrected chi connectivity index (χ2v) is 10.5. The third kappa shape index (κ3) is 4.92. The average Bonchev–Trinajstić information content (AvgIpc) is 3.26. The van der Waals surface area contributed by atoms with E-state index in [4.69, 9.17) is 17.3 Å². The molecule has 1 amide bonds. The van der Waals surface area contributed by atoms with E-state index in [1.54, 1.807) is 12.1 Å². The van der Waals surface area contributed by atoms with Gasteiger partial charge >= 0.3 is 0 Å². The van der Waals surface area contributed by atoms with Gasteiger partial charge in [-0.15, -0.1) is 11.3 Å². The van der Waals surface area contributed by atoms with Gasteiger partial charge in [0.15, 0.2) is 0 Å². The van der Waals surface area contributed by atoms with Gasteiger partial charge in [-0.1, -0.05) is 67.9 Å².